The SMILES string of the molecule is O=C(O)c1ccc2c(c1)C1(OC2=O)c2ccc(O)cc2Oc2cc(O)c(Cl)cc21. The summed E-state index contributed by atoms with van der Waals surface area (Å²) in [6, 6.07) is 11.1. The summed E-state index contributed by atoms with van der Waals surface area (Å²) in [6.45, 7) is 0. The quantitative estimate of drug-likeness (QED) is 0.519. The highest BCUT2D eigenvalue weighted by Gasteiger charge is 2.54. The number of halogens is 1. The lowest BCUT2D eigenvalue weighted by Gasteiger charge is -2.36. The predicted molar refractivity (Wildman–Crippen MR) is 100.0 cm³/mol. The summed E-state index contributed by atoms with van der Waals surface area (Å²) in [5.74, 6) is -1.78. The molecule has 3 N–H and O–H groups in total. The van der Waals surface area contributed by atoms with Crippen LogP contribution >= 0.6 is 11.6 Å². The molecule has 5 rings (SSSR count). The summed E-state index contributed by atoms with van der Waals surface area (Å²) in [6.07, 6.45) is 0. The number of phenolic OH excluding ortho intramolecular Hbond substituents is 2. The molecular weight excluding hydrogens is 400 g/mol. The van der Waals surface area contributed by atoms with E-state index in [1.165, 1.54) is 48.5 Å². The van der Waals surface area contributed by atoms with Crippen LogP contribution in [0.15, 0.2) is 48.5 Å². The van der Waals surface area contributed by atoms with Gasteiger partial charge in [0.05, 0.1) is 16.1 Å². The van der Waals surface area contributed by atoms with Crippen molar-refractivity contribution in [1.82, 2.24) is 0 Å². The summed E-state index contributed by atoms with van der Waals surface area (Å²) >= 11 is 6.12. The van der Waals surface area contributed by atoms with E-state index in [0.29, 0.717) is 16.7 Å². The van der Waals surface area contributed by atoms with Gasteiger partial charge >= 0.3 is 11.9 Å². The van der Waals surface area contributed by atoms with Crippen LogP contribution in [0.3, 0.4) is 0 Å². The standard InChI is InChI=1S/C21H11ClO7/c22-15-7-14-18(8-16(15)24)28-17-6-10(23)2-4-12(17)21(14)13-5-9(19(25)26)1-3-11(13)20(27)29-21/h1-8,23-24H,(H,25,26). The van der Waals surface area contributed by atoms with E-state index >= 15 is 0 Å². The molecule has 0 aromatic heterocycles. The number of hydrogen-bond acceptors (Lipinski definition) is 6. The number of aromatic hydroxyl groups is 2. The number of esters is 1. The number of phenols is 2. The first-order valence-corrected chi connectivity index (χ1v) is 8.84. The van der Waals surface area contributed by atoms with Crippen molar-refractivity contribution < 1.29 is 34.4 Å². The number of rotatable bonds is 1. The number of hydrogen-bond donors (Lipinski definition) is 3. The molecule has 0 saturated carbocycles. The molecular formula is C21H11ClO7. The highest BCUT2D eigenvalue weighted by atomic mass is 35.5. The summed E-state index contributed by atoms with van der Waals surface area (Å²) in [4.78, 5) is 24.3. The fourth-order valence-electron chi connectivity index (χ4n) is 3.85. The maximum atomic E-state index is 12.7. The van der Waals surface area contributed by atoms with Crippen molar-refractivity contribution in [2.24, 2.45) is 0 Å². The van der Waals surface area contributed by atoms with Gasteiger partial charge in [0.2, 0.25) is 0 Å². The Morgan fingerprint density at radius 2 is 1.69 bits per heavy atom. The molecule has 7 nitrogen and oxygen atoms in total. The number of fused-ring (bicyclic) bond motifs is 6. The fraction of sp³-hybridized carbons (Fsp3) is 0.0476. The number of benzene rings is 3. The third kappa shape index (κ3) is 2.25. The van der Waals surface area contributed by atoms with Gasteiger partial charge in [-0.1, -0.05) is 11.6 Å². The highest BCUT2D eigenvalue weighted by molar-refractivity contribution is 6.32. The number of carbonyl (C=O) groups excluding carboxylic acids is 1. The third-order valence-electron chi connectivity index (χ3n) is 5.10. The molecule has 29 heavy (non-hydrogen) atoms. The van der Waals surface area contributed by atoms with Crippen molar-refractivity contribution in [3.8, 4) is 23.0 Å². The Balaban J connectivity index is 1.92. The average molecular weight is 411 g/mol. The second-order valence-corrected chi connectivity index (χ2v) is 7.13. The van der Waals surface area contributed by atoms with Gasteiger partial charge in [-0.05, 0) is 36.4 Å². The predicted octanol–water partition coefficient (Wildman–Crippen LogP) is 4.02. The van der Waals surface area contributed by atoms with E-state index in [2.05, 4.69) is 0 Å². The van der Waals surface area contributed by atoms with Gasteiger partial charge in [-0.15, -0.1) is 0 Å². The van der Waals surface area contributed by atoms with Gasteiger partial charge in [0.15, 0.2) is 5.60 Å². The molecule has 0 fully saturated rings. The molecule has 8 heteroatoms. The normalized spacial score (nSPS) is 18.4. The van der Waals surface area contributed by atoms with Gasteiger partial charge in [-0.25, -0.2) is 9.59 Å². The lowest BCUT2D eigenvalue weighted by molar-refractivity contribution is 0.0224. The van der Waals surface area contributed by atoms with E-state index in [4.69, 9.17) is 21.1 Å². The molecule has 1 spiro atoms. The van der Waals surface area contributed by atoms with Crippen LogP contribution in [0, 0.1) is 0 Å². The van der Waals surface area contributed by atoms with Crippen LogP contribution in [0.5, 0.6) is 23.0 Å². The number of carboxylic acids is 1. The molecule has 3 aromatic carbocycles. The van der Waals surface area contributed by atoms with Crippen LogP contribution < -0.4 is 4.74 Å². The smallest absolute Gasteiger partial charge is 0.340 e. The fourth-order valence-corrected chi connectivity index (χ4v) is 4.01. The van der Waals surface area contributed by atoms with E-state index in [-0.39, 0.29) is 39.1 Å². The van der Waals surface area contributed by atoms with Crippen molar-refractivity contribution in [3.63, 3.8) is 0 Å². The lowest BCUT2D eigenvalue weighted by Crippen LogP contribution is -2.33. The molecule has 2 heterocycles. The topological polar surface area (TPSA) is 113 Å². The Morgan fingerprint density at radius 3 is 2.45 bits per heavy atom. The molecule has 2 aliphatic heterocycles. The first-order valence-electron chi connectivity index (χ1n) is 8.47. The zero-order valence-corrected chi connectivity index (χ0v) is 15.2. The van der Waals surface area contributed by atoms with E-state index in [0.717, 1.165) is 0 Å². The monoisotopic (exact) mass is 410 g/mol. The minimum atomic E-state index is -1.55. The molecule has 0 saturated heterocycles. The van der Waals surface area contributed by atoms with Crippen molar-refractivity contribution in [3.05, 3.63) is 81.4 Å². The zero-order chi connectivity index (χ0) is 20.5. The maximum Gasteiger partial charge on any atom is 0.340 e. The molecule has 144 valence electrons. The van der Waals surface area contributed by atoms with Crippen LogP contribution in [-0.4, -0.2) is 27.3 Å². The Kier molecular flexibility index (Phi) is 3.39. The molecule has 3 aromatic rings. The van der Waals surface area contributed by atoms with Crippen LogP contribution in [0.2, 0.25) is 5.02 Å². The molecule has 0 amide bonds. The van der Waals surface area contributed by atoms with E-state index in [9.17, 15) is 24.9 Å². The van der Waals surface area contributed by atoms with Crippen LogP contribution in [0.1, 0.15) is 37.4 Å². The summed E-state index contributed by atoms with van der Waals surface area (Å²) in [7, 11) is 0. The first-order chi connectivity index (χ1) is 13.8. The number of carbonyl (C=O) groups is 2. The van der Waals surface area contributed by atoms with Gasteiger partial charge in [0.1, 0.15) is 23.0 Å². The minimum Gasteiger partial charge on any atom is -0.508 e. The van der Waals surface area contributed by atoms with E-state index in [1.807, 2.05) is 0 Å². The second-order valence-electron chi connectivity index (χ2n) is 6.72. The molecule has 1 atom stereocenters. The number of aromatic carboxylic acids is 1. The van der Waals surface area contributed by atoms with Gasteiger partial charge < -0.3 is 24.8 Å². The van der Waals surface area contributed by atoms with Crippen molar-refractivity contribution >= 4 is 23.5 Å². The summed E-state index contributed by atoms with van der Waals surface area (Å²) in [5.41, 5.74) is -0.357. The Labute approximate surface area is 168 Å². The van der Waals surface area contributed by atoms with Crippen molar-refractivity contribution in [2.45, 2.75) is 5.60 Å². The summed E-state index contributed by atoms with van der Waals surface area (Å²) in [5, 5.41) is 29.4. The zero-order valence-electron chi connectivity index (χ0n) is 14.5. The largest absolute Gasteiger partial charge is 0.508 e. The lowest BCUT2D eigenvalue weighted by atomic mass is 9.77. The molecule has 1 unspecified atom stereocenters. The van der Waals surface area contributed by atoms with Gasteiger partial charge in [0, 0.05) is 28.8 Å². The van der Waals surface area contributed by atoms with Crippen LogP contribution in [0.25, 0.3) is 0 Å². The first kappa shape index (κ1) is 17.4. The molecule has 0 radical (unpaired) electrons. The van der Waals surface area contributed by atoms with Crippen molar-refractivity contribution in [1.29, 1.82) is 0 Å². The summed E-state index contributed by atoms with van der Waals surface area (Å²) < 4.78 is 11.7. The van der Waals surface area contributed by atoms with Crippen LogP contribution in [0.4, 0.5) is 0 Å². The molecule has 0 bridgehead atoms. The Bertz CT molecular complexity index is 1250. The Morgan fingerprint density at radius 1 is 0.931 bits per heavy atom. The molecule has 0 aliphatic carbocycles. The van der Waals surface area contributed by atoms with Gasteiger partial charge in [-0.2, -0.15) is 0 Å². The highest BCUT2D eigenvalue weighted by Crippen LogP contribution is 2.57. The minimum absolute atomic E-state index is 0.00726. The second kappa shape index (κ2) is 5.65. The average Bonchev–Trinajstić information content (AvgIpc) is 2.96. The van der Waals surface area contributed by atoms with Gasteiger partial charge in [-0.3, -0.25) is 0 Å². The maximum absolute atomic E-state index is 12.7. The van der Waals surface area contributed by atoms with Crippen LogP contribution in [-0.2, 0) is 10.3 Å². The van der Waals surface area contributed by atoms with Crippen molar-refractivity contribution in [2.75, 3.05) is 0 Å². The van der Waals surface area contributed by atoms with E-state index in [1.54, 1.807) is 0 Å². The van der Waals surface area contributed by atoms with E-state index < -0.39 is 17.5 Å². The number of carboxylic acid groups (broad SMARTS) is 1. The number of ether oxygens (including phenoxy) is 2. The molecule has 2 aliphatic rings. The third-order valence-corrected chi connectivity index (χ3v) is 5.41. The Hall–Kier alpha value is -3.71. The van der Waals surface area contributed by atoms with Gasteiger partial charge in [0.25, 0.3) is 0 Å².